The molecule has 0 radical (unpaired) electrons. The van der Waals surface area contributed by atoms with Gasteiger partial charge in [-0.25, -0.2) is 9.79 Å². The molecule has 0 unspecified atom stereocenters. The number of hydrogen-bond donors (Lipinski definition) is 0. The molecule has 2 aliphatic rings. The summed E-state index contributed by atoms with van der Waals surface area (Å²) < 4.78 is 7.41. The zero-order chi connectivity index (χ0) is 25.7. The second-order valence-corrected chi connectivity index (χ2v) is 10.2. The quantitative estimate of drug-likeness (QED) is 0.514. The van der Waals surface area contributed by atoms with Crippen LogP contribution in [0.3, 0.4) is 0 Å². The van der Waals surface area contributed by atoms with Crippen molar-refractivity contribution in [1.29, 1.82) is 0 Å². The first-order valence-electron chi connectivity index (χ1n) is 12.0. The number of aromatic nitrogens is 1. The number of amides is 1. The number of para-hydroxylation sites is 1. The van der Waals surface area contributed by atoms with E-state index in [9.17, 15) is 14.4 Å². The van der Waals surface area contributed by atoms with Gasteiger partial charge in [0.1, 0.15) is 4.53 Å². The van der Waals surface area contributed by atoms with E-state index < -0.39 is 12.0 Å². The summed E-state index contributed by atoms with van der Waals surface area (Å²) in [6.45, 7) is 9.71. The van der Waals surface area contributed by atoms with Gasteiger partial charge in [0.2, 0.25) is 0 Å². The molecule has 0 bridgehead atoms. The van der Waals surface area contributed by atoms with E-state index in [0.717, 1.165) is 22.4 Å². The van der Waals surface area contributed by atoms with Crippen LogP contribution in [0.2, 0.25) is 0 Å². The average Bonchev–Trinajstić information content (AvgIpc) is 3.30. The van der Waals surface area contributed by atoms with E-state index in [1.54, 1.807) is 25.7 Å². The standard InChI is InChI=1S/C28H27N3O4S/c1-6-30-20-10-8-7-9-19(20)22(25(30)32)24-26(33)31-23(18-13-11-16(4)12-14-18)21(27(34)35-15(2)3)17(5)29-28(31)36-24/h7-15,23H,6H2,1-5H3/b24-22-/t23-/m0/s1. The van der Waals surface area contributed by atoms with Crippen LogP contribution in [0.15, 0.2) is 69.6 Å². The summed E-state index contributed by atoms with van der Waals surface area (Å²) in [4.78, 5) is 47.5. The van der Waals surface area contributed by atoms with Gasteiger partial charge in [-0.05, 0) is 46.2 Å². The van der Waals surface area contributed by atoms with Crippen LogP contribution in [0, 0.1) is 6.92 Å². The first kappa shape index (κ1) is 23.9. The number of nitrogens with zero attached hydrogens (tertiary/aromatic N) is 3. The highest BCUT2D eigenvalue weighted by Gasteiger charge is 2.37. The molecule has 3 heterocycles. The summed E-state index contributed by atoms with van der Waals surface area (Å²) >= 11 is 1.19. The number of hydrogen-bond acceptors (Lipinski definition) is 6. The second kappa shape index (κ2) is 9.02. The number of benzene rings is 2. The van der Waals surface area contributed by atoms with Gasteiger partial charge in [-0.2, -0.15) is 0 Å². The maximum Gasteiger partial charge on any atom is 0.338 e. The number of carbonyl (C=O) groups is 2. The van der Waals surface area contributed by atoms with Gasteiger partial charge in [-0.15, -0.1) is 0 Å². The number of fused-ring (bicyclic) bond motifs is 2. The van der Waals surface area contributed by atoms with Gasteiger partial charge in [-0.1, -0.05) is 59.4 Å². The van der Waals surface area contributed by atoms with E-state index >= 15 is 0 Å². The third-order valence-corrected chi connectivity index (χ3v) is 7.47. The highest BCUT2D eigenvalue weighted by molar-refractivity contribution is 7.07. The zero-order valence-corrected chi connectivity index (χ0v) is 21.7. The lowest BCUT2D eigenvalue weighted by Crippen LogP contribution is -2.41. The van der Waals surface area contributed by atoms with Gasteiger partial charge >= 0.3 is 5.97 Å². The predicted octanol–water partition coefficient (Wildman–Crippen LogP) is 3.23. The van der Waals surface area contributed by atoms with E-state index in [-0.39, 0.29) is 17.6 Å². The van der Waals surface area contributed by atoms with Crippen molar-refractivity contribution in [2.24, 2.45) is 4.99 Å². The first-order valence-corrected chi connectivity index (χ1v) is 12.8. The van der Waals surface area contributed by atoms with Crippen molar-refractivity contribution in [1.82, 2.24) is 4.57 Å². The van der Waals surface area contributed by atoms with Gasteiger partial charge in [0.15, 0.2) is 4.80 Å². The highest BCUT2D eigenvalue weighted by atomic mass is 32.1. The van der Waals surface area contributed by atoms with E-state index in [4.69, 9.17) is 4.74 Å². The molecule has 8 heteroatoms. The minimum Gasteiger partial charge on any atom is -0.459 e. The molecule has 5 rings (SSSR count). The summed E-state index contributed by atoms with van der Waals surface area (Å²) in [6, 6.07) is 14.5. The van der Waals surface area contributed by atoms with Gasteiger partial charge in [0, 0.05) is 12.1 Å². The molecule has 0 aliphatic carbocycles. The molecule has 1 aromatic heterocycles. The van der Waals surface area contributed by atoms with Gasteiger partial charge in [0.05, 0.1) is 34.7 Å². The molecule has 0 saturated carbocycles. The molecule has 1 amide bonds. The van der Waals surface area contributed by atoms with Gasteiger partial charge < -0.3 is 9.64 Å². The fourth-order valence-corrected chi connectivity index (χ4v) is 5.92. The Hall–Kier alpha value is -3.78. The fraction of sp³-hybridized carbons (Fsp3) is 0.286. The molecule has 2 aromatic carbocycles. The summed E-state index contributed by atoms with van der Waals surface area (Å²) in [5.74, 6) is -0.708. The normalized spacial score (nSPS) is 18.3. The Bertz CT molecular complexity index is 1610. The van der Waals surface area contributed by atoms with Crippen LogP contribution in [-0.2, 0) is 14.3 Å². The summed E-state index contributed by atoms with van der Waals surface area (Å²) in [7, 11) is 0. The lowest BCUT2D eigenvalue weighted by Gasteiger charge is -2.25. The minimum atomic E-state index is -0.712. The third-order valence-electron chi connectivity index (χ3n) is 6.42. The Morgan fingerprint density at radius 3 is 2.44 bits per heavy atom. The van der Waals surface area contributed by atoms with Crippen LogP contribution in [-0.4, -0.2) is 29.1 Å². The summed E-state index contributed by atoms with van der Waals surface area (Å²) in [6.07, 6.45) is -0.323. The maximum atomic E-state index is 14.0. The Morgan fingerprint density at radius 1 is 1.08 bits per heavy atom. The summed E-state index contributed by atoms with van der Waals surface area (Å²) in [5.41, 5.74) is 4.22. The van der Waals surface area contributed by atoms with Crippen molar-refractivity contribution in [3.8, 4) is 0 Å². The molecule has 184 valence electrons. The average molecular weight is 502 g/mol. The van der Waals surface area contributed by atoms with Crippen molar-refractivity contribution in [3.63, 3.8) is 0 Å². The Balaban J connectivity index is 1.81. The van der Waals surface area contributed by atoms with Crippen LogP contribution in [0.25, 0.3) is 5.57 Å². The third kappa shape index (κ3) is 3.73. The van der Waals surface area contributed by atoms with Gasteiger partial charge in [0.25, 0.3) is 11.5 Å². The molecule has 3 aromatic rings. The van der Waals surface area contributed by atoms with Crippen molar-refractivity contribution >= 4 is 34.5 Å². The largest absolute Gasteiger partial charge is 0.459 e. The Kier molecular flexibility index (Phi) is 6.00. The number of carbonyl (C=O) groups excluding carboxylic acids is 2. The molecule has 7 nitrogen and oxygen atoms in total. The van der Waals surface area contributed by atoms with Crippen LogP contribution >= 0.6 is 11.3 Å². The van der Waals surface area contributed by atoms with Crippen LogP contribution in [0.1, 0.15) is 50.4 Å². The Morgan fingerprint density at radius 2 is 1.78 bits per heavy atom. The molecule has 1 atom stereocenters. The van der Waals surface area contributed by atoms with Crippen LogP contribution < -0.4 is 19.8 Å². The topological polar surface area (TPSA) is 81.0 Å². The Labute approximate surface area is 212 Å². The number of ether oxygens (including phenoxy) is 1. The molecule has 0 N–H and O–H groups in total. The number of anilines is 1. The predicted molar refractivity (Wildman–Crippen MR) is 140 cm³/mol. The monoisotopic (exact) mass is 501 g/mol. The number of thiazole rings is 1. The minimum absolute atomic E-state index is 0.203. The van der Waals surface area contributed by atoms with Crippen LogP contribution in [0.4, 0.5) is 5.69 Å². The molecule has 2 aliphatic heterocycles. The van der Waals surface area contributed by atoms with Crippen molar-refractivity contribution < 1.29 is 14.3 Å². The van der Waals surface area contributed by atoms with E-state index in [2.05, 4.69) is 4.99 Å². The van der Waals surface area contributed by atoms with E-state index in [0.29, 0.717) is 32.7 Å². The lowest BCUT2D eigenvalue weighted by atomic mass is 9.95. The number of likely N-dealkylation sites (N-methyl/N-ethyl adjacent to an activating group) is 1. The maximum absolute atomic E-state index is 14.0. The molecule has 0 fully saturated rings. The van der Waals surface area contributed by atoms with Gasteiger partial charge in [-0.3, -0.25) is 14.2 Å². The zero-order valence-electron chi connectivity index (χ0n) is 20.9. The van der Waals surface area contributed by atoms with Crippen molar-refractivity contribution in [2.45, 2.75) is 46.8 Å². The molecule has 36 heavy (non-hydrogen) atoms. The summed E-state index contributed by atoms with van der Waals surface area (Å²) in [5, 5.41) is 0. The number of allylic oxidation sites excluding steroid dienone is 1. The van der Waals surface area contributed by atoms with Crippen LogP contribution in [0.5, 0.6) is 0 Å². The highest BCUT2D eigenvalue weighted by Crippen LogP contribution is 2.35. The van der Waals surface area contributed by atoms with E-state index in [1.165, 1.54) is 15.9 Å². The number of esters is 1. The number of aryl methyl sites for hydroxylation is 1. The number of rotatable bonds is 4. The van der Waals surface area contributed by atoms with E-state index in [1.807, 2.05) is 62.4 Å². The lowest BCUT2D eigenvalue weighted by molar-refractivity contribution is -0.143. The van der Waals surface area contributed by atoms with Crippen molar-refractivity contribution in [2.75, 3.05) is 11.4 Å². The van der Waals surface area contributed by atoms with Crippen molar-refractivity contribution in [3.05, 3.63) is 96.2 Å². The molecule has 0 saturated heterocycles. The second-order valence-electron chi connectivity index (χ2n) is 9.21. The SMILES string of the molecule is CCN1C(=O)/C(=c2\sc3n(c2=O)[C@@H](c2ccc(C)cc2)C(C(=O)OC(C)C)=C(C)N=3)c2ccccc21. The molecular weight excluding hydrogens is 474 g/mol. The first-order chi connectivity index (χ1) is 17.2. The fourth-order valence-electron chi connectivity index (χ4n) is 4.79. The molecule has 0 spiro atoms. The molecular formula is C28H27N3O4S. The smallest absolute Gasteiger partial charge is 0.338 e.